The molecule has 0 saturated heterocycles. The van der Waals surface area contributed by atoms with E-state index in [2.05, 4.69) is 12.6 Å². The monoisotopic (exact) mass is 216 g/mol. The van der Waals surface area contributed by atoms with E-state index in [1.807, 2.05) is 13.0 Å². The number of hydrogen-bond donors (Lipinski definition) is 1. The highest BCUT2D eigenvalue weighted by molar-refractivity contribution is 7.83. The van der Waals surface area contributed by atoms with Crippen molar-refractivity contribution in [2.24, 2.45) is 0 Å². The summed E-state index contributed by atoms with van der Waals surface area (Å²) >= 11 is 5.50. The largest absolute Gasteiger partial charge is 0.415 e. The van der Waals surface area contributed by atoms with Crippen LogP contribution < -0.4 is 4.74 Å². The van der Waals surface area contributed by atoms with Crippen LogP contribution in [0.2, 0.25) is 0 Å². The molecular formula is C9H12O2S2. The molecule has 4 heteroatoms. The molecule has 0 radical (unpaired) electrons. The lowest BCUT2D eigenvalue weighted by molar-refractivity contribution is -0.134. The van der Waals surface area contributed by atoms with Crippen molar-refractivity contribution in [1.29, 1.82) is 0 Å². The van der Waals surface area contributed by atoms with E-state index in [1.54, 1.807) is 6.07 Å². The van der Waals surface area contributed by atoms with Crippen LogP contribution in [0.5, 0.6) is 5.06 Å². The van der Waals surface area contributed by atoms with Crippen LogP contribution in [0.3, 0.4) is 0 Å². The summed E-state index contributed by atoms with van der Waals surface area (Å²) in [7, 11) is 0. The SMILES string of the molecule is CCCCC(=O)Oc1ccc(S)s1. The zero-order valence-corrected chi connectivity index (χ0v) is 9.16. The normalized spacial score (nSPS) is 10.0. The molecule has 0 aliphatic carbocycles. The van der Waals surface area contributed by atoms with Crippen LogP contribution in [0.15, 0.2) is 16.3 Å². The second-order valence-electron chi connectivity index (χ2n) is 2.67. The lowest BCUT2D eigenvalue weighted by Crippen LogP contribution is -2.05. The smallest absolute Gasteiger partial charge is 0.311 e. The van der Waals surface area contributed by atoms with Gasteiger partial charge < -0.3 is 4.74 Å². The second-order valence-corrected chi connectivity index (χ2v) is 4.50. The predicted octanol–water partition coefficient (Wildman–Crippen LogP) is 3.13. The van der Waals surface area contributed by atoms with Crippen molar-refractivity contribution in [1.82, 2.24) is 0 Å². The van der Waals surface area contributed by atoms with Crippen molar-refractivity contribution in [3.05, 3.63) is 12.1 Å². The molecule has 0 saturated carbocycles. The number of rotatable bonds is 4. The molecule has 0 spiro atoms. The van der Waals surface area contributed by atoms with E-state index < -0.39 is 0 Å². The van der Waals surface area contributed by atoms with Crippen LogP contribution in [0.1, 0.15) is 26.2 Å². The number of unbranched alkanes of at least 4 members (excludes halogenated alkanes) is 1. The maximum Gasteiger partial charge on any atom is 0.311 e. The molecule has 0 aliphatic heterocycles. The Bertz CT molecular complexity index is 281. The third-order valence-electron chi connectivity index (χ3n) is 1.52. The Morgan fingerprint density at radius 1 is 1.62 bits per heavy atom. The second kappa shape index (κ2) is 5.29. The average molecular weight is 216 g/mol. The first-order valence-electron chi connectivity index (χ1n) is 4.22. The maximum absolute atomic E-state index is 11.1. The lowest BCUT2D eigenvalue weighted by atomic mass is 10.3. The van der Waals surface area contributed by atoms with Gasteiger partial charge in [-0.15, -0.1) is 12.6 Å². The van der Waals surface area contributed by atoms with Crippen molar-refractivity contribution in [2.45, 2.75) is 30.4 Å². The molecule has 72 valence electrons. The van der Waals surface area contributed by atoms with Crippen LogP contribution in [-0.2, 0) is 4.79 Å². The predicted molar refractivity (Wildman–Crippen MR) is 56.7 cm³/mol. The molecule has 0 N–H and O–H groups in total. The standard InChI is InChI=1S/C9H12O2S2/c1-2-3-4-7(10)11-8-5-6-9(12)13-8/h5-6,12H,2-4H2,1H3. The molecule has 13 heavy (non-hydrogen) atoms. The minimum Gasteiger partial charge on any atom is -0.415 e. The Balaban J connectivity index is 2.36. The third-order valence-corrected chi connectivity index (χ3v) is 2.70. The molecule has 0 aromatic carbocycles. The van der Waals surface area contributed by atoms with Gasteiger partial charge in [0.1, 0.15) is 0 Å². The van der Waals surface area contributed by atoms with Gasteiger partial charge in [0.2, 0.25) is 0 Å². The maximum atomic E-state index is 11.1. The summed E-state index contributed by atoms with van der Waals surface area (Å²) in [6.45, 7) is 2.05. The van der Waals surface area contributed by atoms with E-state index in [-0.39, 0.29) is 5.97 Å². The highest BCUT2D eigenvalue weighted by Gasteiger charge is 2.05. The minimum atomic E-state index is -0.156. The Morgan fingerprint density at radius 2 is 2.38 bits per heavy atom. The van der Waals surface area contributed by atoms with Crippen LogP contribution in [0, 0.1) is 0 Å². The quantitative estimate of drug-likeness (QED) is 0.618. The van der Waals surface area contributed by atoms with Crippen molar-refractivity contribution < 1.29 is 9.53 Å². The molecule has 0 bridgehead atoms. The molecule has 1 aromatic rings. The van der Waals surface area contributed by atoms with Crippen molar-refractivity contribution in [2.75, 3.05) is 0 Å². The fourth-order valence-electron chi connectivity index (χ4n) is 0.850. The van der Waals surface area contributed by atoms with E-state index in [9.17, 15) is 4.79 Å². The summed E-state index contributed by atoms with van der Waals surface area (Å²) in [5, 5.41) is 0.631. The molecule has 1 heterocycles. The molecule has 0 amide bonds. The first-order chi connectivity index (χ1) is 6.22. The van der Waals surface area contributed by atoms with Gasteiger partial charge in [-0.3, -0.25) is 4.79 Å². The van der Waals surface area contributed by atoms with Gasteiger partial charge in [0.05, 0.1) is 4.21 Å². The summed E-state index contributed by atoms with van der Waals surface area (Å²) in [5.74, 6) is -0.156. The fourth-order valence-corrected chi connectivity index (χ4v) is 1.81. The molecule has 0 aliphatic rings. The van der Waals surface area contributed by atoms with E-state index in [1.165, 1.54) is 11.3 Å². The fraction of sp³-hybridized carbons (Fsp3) is 0.444. The Kier molecular flexibility index (Phi) is 4.32. The van der Waals surface area contributed by atoms with E-state index in [0.29, 0.717) is 11.5 Å². The molecule has 0 fully saturated rings. The number of carbonyl (C=O) groups is 1. The molecule has 2 nitrogen and oxygen atoms in total. The number of thiophene rings is 1. The summed E-state index contributed by atoms with van der Waals surface area (Å²) in [6, 6.07) is 3.58. The van der Waals surface area contributed by atoms with Crippen molar-refractivity contribution >= 4 is 29.9 Å². The van der Waals surface area contributed by atoms with Crippen LogP contribution in [0.4, 0.5) is 0 Å². The van der Waals surface area contributed by atoms with Gasteiger partial charge in [0.25, 0.3) is 0 Å². The summed E-state index contributed by atoms with van der Waals surface area (Å²) < 4.78 is 5.93. The average Bonchev–Trinajstić information content (AvgIpc) is 2.48. The zero-order valence-electron chi connectivity index (χ0n) is 7.45. The van der Waals surface area contributed by atoms with Gasteiger partial charge in [-0.1, -0.05) is 24.7 Å². The molecular weight excluding hydrogens is 204 g/mol. The summed E-state index contributed by atoms with van der Waals surface area (Å²) in [4.78, 5) is 11.1. The van der Waals surface area contributed by atoms with Gasteiger partial charge >= 0.3 is 5.97 Å². The number of ether oxygens (including phenoxy) is 1. The molecule has 1 rings (SSSR count). The van der Waals surface area contributed by atoms with Gasteiger partial charge in [-0.05, 0) is 18.6 Å². The Morgan fingerprint density at radius 3 is 2.92 bits per heavy atom. The third kappa shape index (κ3) is 3.83. The highest BCUT2D eigenvalue weighted by Crippen LogP contribution is 2.27. The van der Waals surface area contributed by atoms with Gasteiger partial charge in [0.15, 0.2) is 5.06 Å². The van der Waals surface area contributed by atoms with Crippen LogP contribution in [-0.4, -0.2) is 5.97 Å². The lowest BCUT2D eigenvalue weighted by Gasteiger charge is -1.99. The van der Waals surface area contributed by atoms with Crippen molar-refractivity contribution in [3.8, 4) is 5.06 Å². The molecule has 0 unspecified atom stereocenters. The van der Waals surface area contributed by atoms with Crippen molar-refractivity contribution in [3.63, 3.8) is 0 Å². The topological polar surface area (TPSA) is 26.3 Å². The molecule has 0 atom stereocenters. The van der Waals surface area contributed by atoms with Gasteiger partial charge in [-0.25, -0.2) is 0 Å². The number of thiol groups is 1. The summed E-state index contributed by atoms with van der Waals surface area (Å²) in [6.07, 6.45) is 2.39. The first-order valence-corrected chi connectivity index (χ1v) is 5.48. The van der Waals surface area contributed by atoms with E-state index >= 15 is 0 Å². The van der Waals surface area contributed by atoms with Gasteiger partial charge in [-0.2, -0.15) is 0 Å². The zero-order chi connectivity index (χ0) is 9.68. The van der Waals surface area contributed by atoms with Crippen LogP contribution in [0.25, 0.3) is 0 Å². The highest BCUT2D eigenvalue weighted by atomic mass is 32.2. The molecule has 1 aromatic heterocycles. The number of carbonyl (C=O) groups excluding carboxylic acids is 1. The number of hydrogen-bond acceptors (Lipinski definition) is 4. The first kappa shape index (κ1) is 10.6. The van der Waals surface area contributed by atoms with E-state index in [4.69, 9.17) is 4.74 Å². The Labute approximate surface area is 87.3 Å². The van der Waals surface area contributed by atoms with E-state index in [0.717, 1.165) is 17.1 Å². The van der Waals surface area contributed by atoms with Gasteiger partial charge in [0, 0.05) is 6.42 Å². The minimum absolute atomic E-state index is 0.156. The number of esters is 1. The Hall–Kier alpha value is -0.480. The summed E-state index contributed by atoms with van der Waals surface area (Å²) in [5.41, 5.74) is 0. The van der Waals surface area contributed by atoms with Crippen LogP contribution >= 0.6 is 24.0 Å².